The van der Waals surface area contributed by atoms with Crippen LogP contribution >= 0.6 is 0 Å². The molecule has 0 aromatic heterocycles. The third-order valence-corrected chi connectivity index (χ3v) is 2.58. The zero-order valence-corrected chi connectivity index (χ0v) is 11.0. The van der Waals surface area contributed by atoms with E-state index in [4.69, 9.17) is 9.84 Å². The number of rotatable bonds is 7. The molecular weight excluding hydrogens is 230 g/mol. The lowest BCUT2D eigenvalue weighted by atomic mass is 10.2. The molecule has 0 radical (unpaired) electrons. The molecule has 18 heavy (non-hydrogen) atoms. The smallest absolute Gasteiger partial charge is 0.223 e. The minimum atomic E-state index is -0.0533. The first-order valence-electron chi connectivity index (χ1n) is 6.19. The van der Waals surface area contributed by atoms with Crippen LogP contribution in [-0.4, -0.2) is 30.8 Å². The molecule has 1 amide bonds. The van der Waals surface area contributed by atoms with E-state index in [0.717, 1.165) is 5.75 Å². The van der Waals surface area contributed by atoms with Gasteiger partial charge in [-0.3, -0.25) is 4.79 Å². The van der Waals surface area contributed by atoms with Gasteiger partial charge in [0.2, 0.25) is 5.91 Å². The van der Waals surface area contributed by atoms with Crippen molar-refractivity contribution in [2.75, 3.05) is 19.8 Å². The maximum Gasteiger partial charge on any atom is 0.223 e. The zero-order valence-electron chi connectivity index (χ0n) is 11.0. The van der Waals surface area contributed by atoms with Gasteiger partial charge in [0.05, 0.1) is 13.0 Å². The quantitative estimate of drug-likeness (QED) is 0.772. The second kappa shape index (κ2) is 7.71. The second-order valence-corrected chi connectivity index (χ2v) is 4.50. The normalized spacial score (nSPS) is 11.9. The highest BCUT2D eigenvalue weighted by atomic mass is 16.5. The van der Waals surface area contributed by atoms with Gasteiger partial charge >= 0.3 is 0 Å². The van der Waals surface area contributed by atoms with Gasteiger partial charge in [0.1, 0.15) is 5.75 Å². The molecule has 0 saturated heterocycles. The Morgan fingerprint density at radius 1 is 1.39 bits per heavy atom. The number of amides is 1. The maximum absolute atomic E-state index is 11.4. The van der Waals surface area contributed by atoms with Gasteiger partial charge in [-0.05, 0) is 25.0 Å². The van der Waals surface area contributed by atoms with E-state index >= 15 is 0 Å². The molecule has 100 valence electrons. The van der Waals surface area contributed by atoms with E-state index in [-0.39, 0.29) is 18.4 Å². The molecule has 1 unspecified atom stereocenters. The Balaban J connectivity index is 2.17. The summed E-state index contributed by atoms with van der Waals surface area (Å²) in [7, 11) is 0. The molecule has 4 heteroatoms. The highest BCUT2D eigenvalue weighted by Crippen LogP contribution is 2.11. The average molecular weight is 251 g/mol. The lowest BCUT2D eigenvalue weighted by Gasteiger charge is -2.10. The summed E-state index contributed by atoms with van der Waals surface area (Å²) in [6, 6.07) is 7.72. The molecule has 1 aromatic carbocycles. The van der Waals surface area contributed by atoms with Crippen LogP contribution < -0.4 is 10.1 Å². The molecule has 0 aliphatic rings. The van der Waals surface area contributed by atoms with Gasteiger partial charge in [-0.25, -0.2) is 0 Å². The molecule has 4 nitrogen and oxygen atoms in total. The Labute approximate surface area is 108 Å². The average Bonchev–Trinajstić information content (AvgIpc) is 2.38. The van der Waals surface area contributed by atoms with Crippen LogP contribution in [-0.2, 0) is 4.79 Å². The lowest BCUT2D eigenvalue weighted by molar-refractivity contribution is -0.121. The number of nitrogens with one attached hydrogen (secondary N) is 1. The van der Waals surface area contributed by atoms with Gasteiger partial charge in [-0.2, -0.15) is 0 Å². The number of hydrogen-bond acceptors (Lipinski definition) is 3. The van der Waals surface area contributed by atoms with Crippen LogP contribution in [0.3, 0.4) is 0 Å². The van der Waals surface area contributed by atoms with Crippen LogP contribution in [0.2, 0.25) is 0 Å². The molecule has 1 aromatic rings. The first-order chi connectivity index (χ1) is 8.61. The summed E-state index contributed by atoms with van der Waals surface area (Å²) in [5.41, 5.74) is 1.18. The van der Waals surface area contributed by atoms with Crippen LogP contribution in [0.5, 0.6) is 5.75 Å². The predicted octanol–water partition coefficient (Wildman–Crippen LogP) is 1.51. The number of benzene rings is 1. The number of aryl methyl sites for hydroxylation is 1. The van der Waals surface area contributed by atoms with Gasteiger partial charge in [0.15, 0.2) is 0 Å². The molecule has 0 fully saturated rings. The summed E-state index contributed by atoms with van der Waals surface area (Å²) in [6.45, 7) is 4.84. The molecular formula is C14H21NO3. The van der Waals surface area contributed by atoms with Crippen molar-refractivity contribution in [2.24, 2.45) is 5.92 Å². The summed E-state index contributed by atoms with van der Waals surface area (Å²) in [5.74, 6) is 0.812. The summed E-state index contributed by atoms with van der Waals surface area (Å²) < 4.78 is 5.45. The first kappa shape index (κ1) is 14.5. The van der Waals surface area contributed by atoms with E-state index in [9.17, 15) is 4.79 Å². The second-order valence-electron chi connectivity index (χ2n) is 4.50. The number of ether oxygens (including phenoxy) is 1. The lowest BCUT2D eigenvalue weighted by Crippen LogP contribution is -2.30. The minimum Gasteiger partial charge on any atom is -0.493 e. The van der Waals surface area contributed by atoms with E-state index in [0.29, 0.717) is 19.6 Å². The van der Waals surface area contributed by atoms with Crippen molar-refractivity contribution in [2.45, 2.75) is 20.3 Å². The molecule has 0 heterocycles. The fraction of sp³-hybridized carbons (Fsp3) is 0.500. The summed E-state index contributed by atoms with van der Waals surface area (Å²) in [6.07, 6.45) is 0.325. The minimum absolute atomic E-state index is 0.0533. The highest BCUT2D eigenvalue weighted by Gasteiger charge is 2.04. The van der Waals surface area contributed by atoms with Crippen molar-refractivity contribution in [3.63, 3.8) is 0 Å². The zero-order chi connectivity index (χ0) is 13.4. The number of aliphatic hydroxyl groups is 1. The number of carbonyl (C=O) groups excluding carboxylic acids is 1. The van der Waals surface area contributed by atoms with E-state index in [1.807, 2.05) is 38.1 Å². The molecule has 1 rings (SSSR count). The Morgan fingerprint density at radius 3 is 2.67 bits per heavy atom. The van der Waals surface area contributed by atoms with Crippen LogP contribution in [0.15, 0.2) is 24.3 Å². The van der Waals surface area contributed by atoms with Crippen molar-refractivity contribution in [3.05, 3.63) is 29.8 Å². The molecule has 0 spiro atoms. The Bertz CT molecular complexity index is 362. The first-order valence-corrected chi connectivity index (χ1v) is 6.19. The number of aliphatic hydroxyl groups excluding tert-OH is 1. The van der Waals surface area contributed by atoms with E-state index in [1.165, 1.54) is 5.56 Å². The third kappa shape index (κ3) is 5.68. The van der Waals surface area contributed by atoms with Crippen molar-refractivity contribution in [1.82, 2.24) is 5.32 Å². The van der Waals surface area contributed by atoms with Crippen LogP contribution in [0.4, 0.5) is 0 Å². The van der Waals surface area contributed by atoms with Gasteiger partial charge in [0, 0.05) is 13.2 Å². The predicted molar refractivity (Wildman–Crippen MR) is 70.6 cm³/mol. The fourth-order valence-corrected chi connectivity index (χ4v) is 1.34. The van der Waals surface area contributed by atoms with Crippen molar-refractivity contribution in [1.29, 1.82) is 0 Å². The molecule has 1 atom stereocenters. The maximum atomic E-state index is 11.4. The summed E-state index contributed by atoms with van der Waals surface area (Å²) in [5, 5.41) is 11.6. The topological polar surface area (TPSA) is 58.6 Å². The molecule has 2 N–H and O–H groups in total. The number of carbonyl (C=O) groups is 1. The van der Waals surface area contributed by atoms with Crippen LogP contribution in [0.25, 0.3) is 0 Å². The molecule has 0 aliphatic heterocycles. The van der Waals surface area contributed by atoms with E-state index in [2.05, 4.69) is 5.32 Å². The van der Waals surface area contributed by atoms with Gasteiger partial charge in [-0.1, -0.05) is 24.6 Å². The van der Waals surface area contributed by atoms with Gasteiger partial charge < -0.3 is 15.2 Å². The van der Waals surface area contributed by atoms with Gasteiger partial charge in [0.25, 0.3) is 0 Å². The largest absolute Gasteiger partial charge is 0.493 e. The van der Waals surface area contributed by atoms with Crippen molar-refractivity contribution in [3.8, 4) is 5.75 Å². The molecule has 0 bridgehead atoms. The van der Waals surface area contributed by atoms with Gasteiger partial charge in [-0.15, -0.1) is 0 Å². The SMILES string of the molecule is Cc1ccc(OCCC(=O)NCC(C)CO)cc1. The monoisotopic (exact) mass is 251 g/mol. The Morgan fingerprint density at radius 2 is 2.06 bits per heavy atom. The summed E-state index contributed by atoms with van der Waals surface area (Å²) >= 11 is 0. The van der Waals surface area contributed by atoms with Crippen LogP contribution in [0.1, 0.15) is 18.9 Å². The Kier molecular flexibility index (Phi) is 6.22. The fourth-order valence-electron chi connectivity index (χ4n) is 1.34. The summed E-state index contributed by atoms with van der Waals surface area (Å²) in [4.78, 5) is 11.4. The standard InChI is InChI=1S/C14H21NO3/c1-11-3-5-13(6-4-11)18-8-7-14(17)15-9-12(2)10-16/h3-6,12,16H,7-10H2,1-2H3,(H,15,17). The third-order valence-electron chi connectivity index (χ3n) is 2.58. The van der Waals surface area contributed by atoms with Crippen LogP contribution in [0, 0.1) is 12.8 Å². The molecule has 0 aliphatic carbocycles. The van der Waals surface area contributed by atoms with E-state index in [1.54, 1.807) is 0 Å². The van der Waals surface area contributed by atoms with E-state index < -0.39 is 0 Å². The molecule has 0 saturated carbocycles. The highest BCUT2D eigenvalue weighted by molar-refractivity contribution is 5.75. The Hall–Kier alpha value is -1.55. The number of hydrogen-bond donors (Lipinski definition) is 2. The van der Waals surface area contributed by atoms with Crippen molar-refractivity contribution < 1.29 is 14.6 Å². The van der Waals surface area contributed by atoms with Crippen molar-refractivity contribution >= 4 is 5.91 Å².